The monoisotopic (exact) mass is 357 g/mol. The zero-order chi connectivity index (χ0) is 16.8. The van der Waals surface area contributed by atoms with Gasteiger partial charge in [-0.3, -0.25) is 14.3 Å². The number of carbonyl (C=O) groups excluding carboxylic acids is 2. The summed E-state index contributed by atoms with van der Waals surface area (Å²) in [5.74, 6) is -0.562. The van der Waals surface area contributed by atoms with E-state index in [9.17, 15) is 18.0 Å². The van der Waals surface area contributed by atoms with E-state index in [4.69, 9.17) is 11.6 Å². The lowest BCUT2D eigenvalue weighted by atomic mass is 10.1. The average molecular weight is 358 g/mol. The van der Waals surface area contributed by atoms with Gasteiger partial charge in [0.05, 0.1) is 23.5 Å². The lowest BCUT2D eigenvalue weighted by Gasteiger charge is -2.34. The summed E-state index contributed by atoms with van der Waals surface area (Å²) >= 11 is 5.96. The van der Waals surface area contributed by atoms with Crippen LogP contribution in [0.2, 0.25) is 5.02 Å². The van der Waals surface area contributed by atoms with Crippen LogP contribution in [0.15, 0.2) is 18.2 Å². The zero-order valence-electron chi connectivity index (χ0n) is 12.4. The Bertz CT molecular complexity index is 780. The Hall–Kier alpha value is -1.80. The molecular formula is C14H16ClN3O4S. The number of carbonyl (C=O) groups is 2. The number of nitrogens with zero attached hydrogens (tertiary/aromatic N) is 1. The molecule has 2 fully saturated rings. The van der Waals surface area contributed by atoms with Gasteiger partial charge in [0.2, 0.25) is 15.9 Å². The summed E-state index contributed by atoms with van der Waals surface area (Å²) < 4.78 is 25.3. The van der Waals surface area contributed by atoms with E-state index in [0.717, 1.165) is 12.7 Å². The fraction of sp³-hybridized carbons (Fsp3) is 0.429. The normalized spacial score (nSPS) is 23.6. The van der Waals surface area contributed by atoms with E-state index in [-0.39, 0.29) is 29.1 Å². The van der Waals surface area contributed by atoms with Crippen molar-refractivity contribution in [3.8, 4) is 0 Å². The van der Waals surface area contributed by atoms with Crippen molar-refractivity contribution in [2.24, 2.45) is 0 Å². The SMILES string of the molecule is CS(=O)(=O)Nc1ccc(Cl)cc1C(=O)N1C2CCC1C(=O)NC2. The van der Waals surface area contributed by atoms with Crippen molar-refractivity contribution in [3.63, 3.8) is 0 Å². The van der Waals surface area contributed by atoms with Gasteiger partial charge in [0, 0.05) is 11.6 Å². The molecule has 9 heteroatoms. The Morgan fingerprint density at radius 2 is 2.13 bits per heavy atom. The van der Waals surface area contributed by atoms with Crippen LogP contribution in [0.25, 0.3) is 0 Å². The molecule has 0 spiro atoms. The molecule has 0 aromatic heterocycles. The van der Waals surface area contributed by atoms with Gasteiger partial charge in [-0.05, 0) is 31.0 Å². The molecule has 1 aromatic carbocycles. The molecule has 2 unspecified atom stereocenters. The van der Waals surface area contributed by atoms with Crippen LogP contribution in [-0.2, 0) is 14.8 Å². The lowest BCUT2D eigenvalue weighted by molar-refractivity contribution is -0.127. The lowest BCUT2D eigenvalue weighted by Crippen LogP contribution is -2.57. The van der Waals surface area contributed by atoms with Crippen LogP contribution >= 0.6 is 11.6 Å². The highest BCUT2D eigenvalue weighted by molar-refractivity contribution is 7.92. The first kappa shape index (κ1) is 16.1. The molecular weight excluding hydrogens is 342 g/mol. The predicted molar refractivity (Wildman–Crippen MR) is 85.9 cm³/mol. The number of fused-ring (bicyclic) bond motifs is 2. The van der Waals surface area contributed by atoms with Crippen molar-refractivity contribution in [3.05, 3.63) is 28.8 Å². The smallest absolute Gasteiger partial charge is 0.257 e. The van der Waals surface area contributed by atoms with Gasteiger partial charge >= 0.3 is 0 Å². The van der Waals surface area contributed by atoms with Crippen molar-refractivity contribution >= 4 is 39.1 Å². The van der Waals surface area contributed by atoms with Crippen LogP contribution in [0, 0.1) is 0 Å². The van der Waals surface area contributed by atoms with Crippen LogP contribution in [0.1, 0.15) is 23.2 Å². The van der Waals surface area contributed by atoms with Gasteiger partial charge in [0.1, 0.15) is 6.04 Å². The zero-order valence-corrected chi connectivity index (χ0v) is 13.9. The molecule has 2 saturated heterocycles. The fourth-order valence-corrected chi connectivity index (χ4v) is 3.86. The fourth-order valence-electron chi connectivity index (χ4n) is 3.11. The molecule has 2 N–H and O–H groups in total. The highest BCUT2D eigenvalue weighted by atomic mass is 35.5. The number of benzene rings is 1. The summed E-state index contributed by atoms with van der Waals surface area (Å²) in [6, 6.07) is 3.79. The first-order valence-electron chi connectivity index (χ1n) is 7.14. The van der Waals surface area contributed by atoms with Gasteiger partial charge in [-0.1, -0.05) is 11.6 Å². The second-order valence-electron chi connectivity index (χ2n) is 5.77. The topological polar surface area (TPSA) is 95.6 Å². The van der Waals surface area contributed by atoms with Crippen molar-refractivity contribution in [1.29, 1.82) is 0 Å². The number of rotatable bonds is 3. The highest BCUT2D eigenvalue weighted by Gasteiger charge is 2.45. The molecule has 124 valence electrons. The third kappa shape index (κ3) is 3.13. The van der Waals surface area contributed by atoms with Gasteiger partial charge in [0.15, 0.2) is 0 Å². The van der Waals surface area contributed by atoms with E-state index >= 15 is 0 Å². The number of nitrogens with one attached hydrogen (secondary N) is 2. The number of sulfonamides is 1. The molecule has 23 heavy (non-hydrogen) atoms. The second-order valence-corrected chi connectivity index (χ2v) is 7.95. The number of anilines is 1. The Morgan fingerprint density at radius 3 is 2.83 bits per heavy atom. The molecule has 1 aromatic rings. The second kappa shape index (κ2) is 5.68. The van der Waals surface area contributed by atoms with Crippen LogP contribution in [-0.4, -0.2) is 50.0 Å². The summed E-state index contributed by atoms with van der Waals surface area (Å²) in [5.41, 5.74) is 0.307. The highest BCUT2D eigenvalue weighted by Crippen LogP contribution is 2.32. The number of amides is 2. The minimum Gasteiger partial charge on any atom is -0.352 e. The molecule has 2 amide bonds. The molecule has 0 saturated carbocycles. The average Bonchev–Trinajstić information content (AvgIpc) is 2.79. The maximum Gasteiger partial charge on any atom is 0.257 e. The van der Waals surface area contributed by atoms with Gasteiger partial charge in [-0.25, -0.2) is 8.42 Å². The Morgan fingerprint density at radius 1 is 1.39 bits per heavy atom. The van der Waals surface area contributed by atoms with E-state index in [1.807, 2.05) is 0 Å². The maximum absolute atomic E-state index is 12.9. The van der Waals surface area contributed by atoms with Crippen LogP contribution in [0.4, 0.5) is 5.69 Å². The molecule has 7 nitrogen and oxygen atoms in total. The van der Waals surface area contributed by atoms with Crippen molar-refractivity contribution in [2.75, 3.05) is 17.5 Å². The van der Waals surface area contributed by atoms with Crippen LogP contribution < -0.4 is 10.0 Å². The molecule has 0 radical (unpaired) electrons. The van der Waals surface area contributed by atoms with E-state index < -0.39 is 16.1 Å². The standard InChI is InChI=1S/C14H16ClN3O4S/c1-23(21,22)17-11-4-2-8(15)6-10(11)14(20)18-9-3-5-12(18)13(19)16-7-9/h2,4,6,9,12,17H,3,5,7H2,1H3,(H,16,19). The van der Waals surface area contributed by atoms with E-state index in [1.54, 1.807) is 0 Å². The molecule has 0 aliphatic carbocycles. The summed E-state index contributed by atoms with van der Waals surface area (Å²) in [6.45, 7) is 0.413. The van der Waals surface area contributed by atoms with Crippen molar-refractivity contribution < 1.29 is 18.0 Å². The quantitative estimate of drug-likeness (QED) is 0.837. The summed E-state index contributed by atoms with van der Waals surface area (Å²) in [4.78, 5) is 26.4. The van der Waals surface area contributed by atoms with Gasteiger partial charge < -0.3 is 10.2 Å². The first-order chi connectivity index (χ1) is 10.8. The molecule has 2 bridgehead atoms. The molecule has 2 heterocycles. The van der Waals surface area contributed by atoms with E-state index in [2.05, 4.69) is 10.0 Å². The van der Waals surface area contributed by atoms with Crippen LogP contribution in [0.3, 0.4) is 0 Å². The van der Waals surface area contributed by atoms with E-state index in [1.165, 1.54) is 23.1 Å². The van der Waals surface area contributed by atoms with Crippen molar-refractivity contribution in [1.82, 2.24) is 10.2 Å². The van der Waals surface area contributed by atoms with Gasteiger partial charge in [-0.15, -0.1) is 0 Å². The minimum atomic E-state index is -3.54. The van der Waals surface area contributed by atoms with Crippen molar-refractivity contribution in [2.45, 2.75) is 24.9 Å². The minimum absolute atomic E-state index is 0.0738. The Balaban J connectivity index is 1.99. The predicted octanol–water partition coefficient (Wildman–Crippen LogP) is 0.814. The number of hydrogen-bond acceptors (Lipinski definition) is 4. The number of piperazine rings is 1. The third-order valence-electron chi connectivity index (χ3n) is 4.06. The molecule has 2 aliphatic heterocycles. The summed E-state index contributed by atoms with van der Waals surface area (Å²) in [5, 5.41) is 3.09. The number of hydrogen-bond donors (Lipinski definition) is 2. The number of halogens is 1. The van der Waals surface area contributed by atoms with E-state index in [0.29, 0.717) is 18.0 Å². The molecule has 3 rings (SSSR count). The Labute approximate surface area is 139 Å². The van der Waals surface area contributed by atoms with Crippen LogP contribution in [0.5, 0.6) is 0 Å². The third-order valence-corrected chi connectivity index (χ3v) is 4.88. The van der Waals surface area contributed by atoms with Gasteiger partial charge in [0.25, 0.3) is 5.91 Å². The Kier molecular flexibility index (Phi) is 3.97. The first-order valence-corrected chi connectivity index (χ1v) is 9.41. The maximum atomic E-state index is 12.9. The molecule has 2 atom stereocenters. The summed E-state index contributed by atoms with van der Waals surface area (Å²) in [6.07, 6.45) is 2.36. The van der Waals surface area contributed by atoms with Gasteiger partial charge in [-0.2, -0.15) is 0 Å². The summed E-state index contributed by atoms with van der Waals surface area (Å²) in [7, 11) is -3.54. The largest absolute Gasteiger partial charge is 0.352 e. The molecule has 2 aliphatic rings.